The molecule has 0 heterocycles. The maximum absolute atomic E-state index is 12.1. The van der Waals surface area contributed by atoms with Gasteiger partial charge in [-0.1, -0.05) is 12.1 Å². The zero-order valence-corrected chi connectivity index (χ0v) is 12.1. The Labute approximate surface area is 118 Å². The van der Waals surface area contributed by atoms with Crippen molar-refractivity contribution >= 4 is 0 Å². The molecule has 0 bridgehead atoms. The van der Waals surface area contributed by atoms with Crippen molar-refractivity contribution in [2.24, 2.45) is 0 Å². The van der Waals surface area contributed by atoms with Crippen LogP contribution in [0.25, 0.3) is 0 Å². The lowest BCUT2D eigenvalue weighted by Gasteiger charge is -2.21. The van der Waals surface area contributed by atoms with E-state index >= 15 is 0 Å². The van der Waals surface area contributed by atoms with E-state index in [4.69, 9.17) is 4.74 Å². The lowest BCUT2D eigenvalue weighted by atomic mass is 10.1. The van der Waals surface area contributed by atoms with Gasteiger partial charge in [0.25, 0.3) is 0 Å². The van der Waals surface area contributed by atoms with E-state index in [1.165, 1.54) is 0 Å². The molecule has 1 aromatic carbocycles. The molecule has 0 saturated heterocycles. The van der Waals surface area contributed by atoms with Crippen LogP contribution < -0.4 is 10.1 Å². The largest absolute Gasteiger partial charge is 0.497 e. The minimum atomic E-state index is -4.06. The highest BCUT2D eigenvalue weighted by Gasteiger charge is 2.26. The predicted molar refractivity (Wildman–Crippen MR) is 73.9 cm³/mol. The molecule has 0 spiro atoms. The van der Waals surface area contributed by atoms with E-state index < -0.39 is 12.6 Å². The van der Waals surface area contributed by atoms with E-state index in [0.717, 1.165) is 11.3 Å². The van der Waals surface area contributed by atoms with Crippen LogP contribution >= 0.6 is 0 Å². The van der Waals surface area contributed by atoms with Gasteiger partial charge < -0.3 is 10.1 Å². The van der Waals surface area contributed by atoms with E-state index in [1.54, 1.807) is 7.11 Å². The Bertz CT molecular complexity index is 406. The molecule has 5 heteroatoms. The van der Waals surface area contributed by atoms with Crippen LogP contribution in [0.3, 0.4) is 0 Å². The Morgan fingerprint density at radius 1 is 1.25 bits per heavy atom. The second kappa shape index (κ2) is 7.53. The summed E-state index contributed by atoms with van der Waals surface area (Å²) in [4.78, 5) is 0. The van der Waals surface area contributed by atoms with Crippen LogP contribution in [0, 0.1) is 0 Å². The van der Waals surface area contributed by atoms with Crippen molar-refractivity contribution in [3.8, 4) is 5.75 Å². The SMILES string of the molecule is COc1cccc([C@@H](C)NC(C)CCCC(F)(F)F)c1. The first kappa shape index (κ1) is 16.8. The van der Waals surface area contributed by atoms with Crippen LogP contribution in [0.15, 0.2) is 24.3 Å². The number of hydrogen-bond donors (Lipinski definition) is 1. The summed E-state index contributed by atoms with van der Waals surface area (Å²) in [6, 6.07) is 7.79. The lowest BCUT2D eigenvalue weighted by Crippen LogP contribution is -2.29. The molecule has 1 rings (SSSR count). The van der Waals surface area contributed by atoms with E-state index in [2.05, 4.69) is 5.32 Å². The van der Waals surface area contributed by atoms with E-state index in [1.807, 2.05) is 38.1 Å². The van der Waals surface area contributed by atoms with Gasteiger partial charge in [-0.3, -0.25) is 0 Å². The zero-order valence-electron chi connectivity index (χ0n) is 12.1. The molecule has 0 aromatic heterocycles. The molecule has 0 radical (unpaired) electrons. The minimum absolute atomic E-state index is 0.0403. The van der Waals surface area contributed by atoms with Gasteiger partial charge in [-0.05, 0) is 44.4 Å². The average molecular weight is 289 g/mol. The van der Waals surface area contributed by atoms with Gasteiger partial charge in [0.05, 0.1) is 7.11 Å². The van der Waals surface area contributed by atoms with Gasteiger partial charge in [0, 0.05) is 18.5 Å². The number of hydrogen-bond acceptors (Lipinski definition) is 2. The van der Waals surface area contributed by atoms with Gasteiger partial charge in [0.15, 0.2) is 0 Å². The molecule has 0 fully saturated rings. The highest BCUT2D eigenvalue weighted by molar-refractivity contribution is 5.30. The molecule has 114 valence electrons. The van der Waals surface area contributed by atoms with Gasteiger partial charge in [-0.15, -0.1) is 0 Å². The van der Waals surface area contributed by atoms with Crippen LogP contribution in [0.1, 0.15) is 44.7 Å². The number of nitrogens with one attached hydrogen (secondary N) is 1. The molecule has 0 amide bonds. The first-order chi connectivity index (χ1) is 9.31. The Morgan fingerprint density at radius 2 is 1.95 bits per heavy atom. The van der Waals surface area contributed by atoms with Crippen molar-refractivity contribution in [1.29, 1.82) is 0 Å². The average Bonchev–Trinajstić information content (AvgIpc) is 2.37. The molecule has 1 unspecified atom stereocenters. The Balaban J connectivity index is 2.42. The Morgan fingerprint density at radius 3 is 2.55 bits per heavy atom. The Hall–Kier alpha value is -1.23. The van der Waals surface area contributed by atoms with Crippen molar-refractivity contribution in [1.82, 2.24) is 5.32 Å². The number of benzene rings is 1. The summed E-state index contributed by atoms with van der Waals surface area (Å²) < 4.78 is 41.4. The summed E-state index contributed by atoms with van der Waals surface area (Å²) in [6.07, 6.45) is -4.11. The van der Waals surface area contributed by atoms with E-state index in [0.29, 0.717) is 6.42 Å². The van der Waals surface area contributed by atoms with Crippen molar-refractivity contribution < 1.29 is 17.9 Å². The molecule has 2 nitrogen and oxygen atoms in total. The fourth-order valence-corrected chi connectivity index (χ4v) is 2.13. The van der Waals surface area contributed by atoms with Gasteiger partial charge in [-0.2, -0.15) is 13.2 Å². The third-order valence-corrected chi connectivity index (χ3v) is 3.23. The van der Waals surface area contributed by atoms with Crippen LogP contribution in [0.4, 0.5) is 13.2 Å². The van der Waals surface area contributed by atoms with Crippen molar-refractivity contribution in [2.45, 2.75) is 51.4 Å². The summed E-state index contributed by atoms with van der Waals surface area (Å²) >= 11 is 0. The number of halogens is 3. The molecule has 1 aromatic rings. The van der Waals surface area contributed by atoms with Gasteiger partial charge in [-0.25, -0.2) is 0 Å². The standard InChI is InChI=1S/C15H22F3NO/c1-11(6-5-9-15(16,17)18)19-12(2)13-7-4-8-14(10-13)20-3/h4,7-8,10-12,19H,5-6,9H2,1-3H3/t11?,12-/m1/s1. The molecule has 2 atom stereocenters. The summed E-state index contributed by atoms with van der Waals surface area (Å²) in [5, 5.41) is 3.31. The molecule has 0 aliphatic rings. The molecule has 0 aliphatic heterocycles. The highest BCUT2D eigenvalue weighted by atomic mass is 19.4. The number of methoxy groups -OCH3 is 1. The van der Waals surface area contributed by atoms with Gasteiger partial charge in [0.1, 0.15) is 5.75 Å². The van der Waals surface area contributed by atoms with Gasteiger partial charge >= 0.3 is 6.18 Å². The predicted octanol–water partition coefficient (Wildman–Crippen LogP) is 4.47. The topological polar surface area (TPSA) is 21.3 Å². The van der Waals surface area contributed by atoms with Crippen molar-refractivity contribution in [2.75, 3.05) is 7.11 Å². The summed E-state index contributed by atoms with van der Waals surface area (Å²) in [5.74, 6) is 0.779. The molecular weight excluding hydrogens is 267 g/mol. The van der Waals surface area contributed by atoms with Crippen molar-refractivity contribution in [3.63, 3.8) is 0 Å². The third-order valence-electron chi connectivity index (χ3n) is 3.23. The monoisotopic (exact) mass is 289 g/mol. The summed E-state index contributed by atoms with van der Waals surface area (Å²) in [5.41, 5.74) is 1.06. The minimum Gasteiger partial charge on any atom is -0.497 e. The van der Waals surface area contributed by atoms with Crippen LogP contribution in [-0.4, -0.2) is 19.3 Å². The second-order valence-corrected chi connectivity index (χ2v) is 5.07. The fraction of sp³-hybridized carbons (Fsp3) is 0.600. The van der Waals surface area contributed by atoms with Crippen LogP contribution in [0.5, 0.6) is 5.75 Å². The number of rotatable bonds is 7. The Kier molecular flexibility index (Phi) is 6.33. The van der Waals surface area contributed by atoms with E-state index in [9.17, 15) is 13.2 Å². The maximum atomic E-state index is 12.1. The van der Waals surface area contributed by atoms with Crippen LogP contribution in [0.2, 0.25) is 0 Å². The molecule has 1 N–H and O–H groups in total. The number of alkyl halides is 3. The first-order valence-electron chi connectivity index (χ1n) is 6.78. The fourth-order valence-electron chi connectivity index (χ4n) is 2.13. The molecule has 20 heavy (non-hydrogen) atoms. The summed E-state index contributed by atoms with van der Waals surface area (Å²) in [7, 11) is 1.61. The van der Waals surface area contributed by atoms with E-state index in [-0.39, 0.29) is 18.5 Å². The summed E-state index contributed by atoms with van der Waals surface area (Å²) in [6.45, 7) is 3.90. The van der Waals surface area contributed by atoms with Crippen LogP contribution in [-0.2, 0) is 0 Å². The normalized spacial score (nSPS) is 14.9. The smallest absolute Gasteiger partial charge is 0.389 e. The highest BCUT2D eigenvalue weighted by Crippen LogP contribution is 2.23. The molecule has 0 saturated carbocycles. The second-order valence-electron chi connectivity index (χ2n) is 5.07. The quantitative estimate of drug-likeness (QED) is 0.799. The third kappa shape index (κ3) is 6.28. The zero-order chi connectivity index (χ0) is 15.2. The van der Waals surface area contributed by atoms with Gasteiger partial charge in [0.2, 0.25) is 0 Å². The number of ether oxygens (including phenoxy) is 1. The first-order valence-corrected chi connectivity index (χ1v) is 6.78. The lowest BCUT2D eigenvalue weighted by molar-refractivity contribution is -0.135. The molecular formula is C15H22F3NO. The molecule has 0 aliphatic carbocycles. The van der Waals surface area contributed by atoms with Crippen molar-refractivity contribution in [3.05, 3.63) is 29.8 Å². The maximum Gasteiger partial charge on any atom is 0.389 e.